The number of ether oxygens (including phenoxy) is 1. The van der Waals surface area contributed by atoms with Crippen LogP contribution in [-0.4, -0.2) is 11.6 Å². The van der Waals surface area contributed by atoms with Gasteiger partial charge in [0.1, 0.15) is 5.75 Å². The van der Waals surface area contributed by atoms with Gasteiger partial charge in [-0.3, -0.25) is 0 Å². The van der Waals surface area contributed by atoms with E-state index in [0.29, 0.717) is 6.61 Å². The quantitative estimate of drug-likeness (QED) is 0.867. The molecule has 0 fully saturated rings. The summed E-state index contributed by atoms with van der Waals surface area (Å²) in [4.78, 5) is 4.65. The molecule has 0 saturated carbocycles. The number of rotatable bonds is 4. The van der Waals surface area contributed by atoms with E-state index in [1.807, 2.05) is 24.3 Å². The smallest absolute Gasteiger partial charge is 0.119 e. The number of nitrogens with zero attached hydrogens (tertiary/aromatic N) is 1. The van der Waals surface area contributed by atoms with Crippen molar-refractivity contribution in [3.63, 3.8) is 0 Å². The van der Waals surface area contributed by atoms with E-state index in [9.17, 15) is 0 Å². The standard InChI is InChI=1S/C15H20N2OS/c1-15(2,3)13-10-19-14(17-13)8-9-18-12-6-4-11(16)5-7-12/h4-7,10H,8-9,16H2,1-3H3. The molecular weight excluding hydrogens is 256 g/mol. The fourth-order valence-corrected chi connectivity index (χ4v) is 2.60. The van der Waals surface area contributed by atoms with Crippen LogP contribution in [0.4, 0.5) is 5.69 Å². The van der Waals surface area contributed by atoms with E-state index in [1.54, 1.807) is 11.3 Å². The molecule has 0 aliphatic heterocycles. The highest BCUT2D eigenvalue weighted by Crippen LogP contribution is 2.24. The average Bonchev–Trinajstić information content (AvgIpc) is 2.80. The van der Waals surface area contributed by atoms with Gasteiger partial charge in [0.15, 0.2) is 0 Å². The Morgan fingerprint density at radius 2 is 1.89 bits per heavy atom. The van der Waals surface area contributed by atoms with Gasteiger partial charge in [0.05, 0.1) is 17.3 Å². The molecule has 2 aromatic rings. The number of aromatic nitrogens is 1. The van der Waals surface area contributed by atoms with Gasteiger partial charge < -0.3 is 10.5 Å². The summed E-state index contributed by atoms with van der Waals surface area (Å²) >= 11 is 1.70. The van der Waals surface area contributed by atoms with Gasteiger partial charge in [-0.25, -0.2) is 4.98 Å². The van der Waals surface area contributed by atoms with Crippen molar-refractivity contribution in [1.29, 1.82) is 0 Å². The maximum absolute atomic E-state index is 5.67. The van der Waals surface area contributed by atoms with Crippen molar-refractivity contribution in [2.24, 2.45) is 0 Å². The molecule has 0 bridgehead atoms. The Kier molecular flexibility index (Phi) is 4.10. The molecule has 0 amide bonds. The van der Waals surface area contributed by atoms with E-state index in [2.05, 4.69) is 31.1 Å². The first-order chi connectivity index (χ1) is 8.95. The highest BCUT2D eigenvalue weighted by atomic mass is 32.1. The number of hydrogen-bond donors (Lipinski definition) is 1. The Morgan fingerprint density at radius 1 is 1.21 bits per heavy atom. The molecule has 2 N–H and O–H groups in total. The van der Waals surface area contributed by atoms with Crippen LogP contribution in [0.15, 0.2) is 29.6 Å². The number of thiazole rings is 1. The largest absolute Gasteiger partial charge is 0.493 e. The van der Waals surface area contributed by atoms with Crippen molar-refractivity contribution in [2.75, 3.05) is 12.3 Å². The summed E-state index contributed by atoms with van der Waals surface area (Å²) in [6.45, 7) is 7.17. The summed E-state index contributed by atoms with van der Waals surface area (Å²) in [5.74, 6) is 0.849. The molecule has 1 aromatic carbocycles. The highest BCUT2D eigenvalue weighted by Gasteiger charge is 2.17. The Morgan fingerprint density at radius 3 is 2.47 bits per heavy atom. The van der Waals surface area contributed by atoms with E-state index in [1.165, 1.54) is 0 Å². The first-order valence-corrected chi connectivity index (χ1v) is 7.26. The minimum absolute atomic E-state index is 0.118. The lowest BCUT2D eigenvalue weighted by Gasteiger charge is -2.14. The molecule has 0 aliphatic rings. The molecule has 0 saturated heterocycles. The number of benzene rings is 1. The third-order valence-corrected chi connectivity index (χ3v) is 3.69. The Bertz CT molecular complexity index is 526. The van der Waals surface area contributed by atoms with Gasteiger partial charge in [-0.05, 0) is 24.3 Å². The number of nitrogens with two attached hydrogens (primary N) is 1. The van der Waals surface area contributed by atoms with Crippen LogP contribution in [0.2, 0.25) is 0 Å². The Labute approximate surface area is 118 Å². The summed E-state index contributed by atoms with van der Waals surface area (Å²) in [6.07, 6.45) is 0.838. The summed E-state index contributed by atoms with van der Waals surface area (Å²) < 4.78 is 5.67. The van der Waals surface area contributed by atoms with Gasteiger partial charge in [-0.15, -0.1) is 11.3 Å². The number of hydrogen-bond acceptors (Lipinski definition) is 4. The van der Waals surface area contributed by atoms with Crippen molar-refractivity contribution in [2.45, 2.75) is 32.6 Å². The van der Waals surface area contributed by atoms with Gasteiger partial charge in [0.25, 0.3) is 0 Å². The molecule has 19 heavy (non-hydrogen) atoms. The monoisotopic (exact) mass is 276 g/mol. The molecule has 1 heterocycles. The van der Waals surface area contributed by atoms with E-state index in [0.717, 1.165) is 28.6 Å². The van der Waals surface area contributed by atoms with Crippen LogP contribution in [0.3, 0.4) is 0 Å². The summed E-state index contributed by atoms with van der Waals surface area (Å²) in [5, 5.41) is 3.26. The summed E-state index contributed by atoms with van der Waals surface area (Å²) in [7, 11) is 0. The molecule has 2 rings (SSSR count). The fourth-order valence-electron chi connectivity index (χ4n) is 1.59. The maximum atomic E-state index is 5.67. The summed E-state index contributed by atoms with van der Waals surface area (Å²) in [5.41, 5.74) is 7.65. The minimum atomic E-state index is 0.118. The molecule has 0 unspecified atom stereocenters. The minimum Gasteiger partial charge on any atom is -0.493 e. The van der Waals surface area contributed by atoms with Gasteiger partial charge in [0.2, 0.25) is 0 Å². The molecule has 102 valence electrons. The Balaban J connectivity index is 1.86. The topological polar surface area (TPSA) is 48.1 Å². The van der Waals surface area contributed by atoms with Crippen LogP contribution >= 0.6 is 11.3 Å². The second-order valence-electron chi connectivity index (χ2n) is 5.54. The van der Waals surface area contributed by atoms with Crippen LogP contribution < -0.4 is 10.5 Å². The van der Waals surface area contributed by atoms with Crippen LogP contribution in [0.1, 0.15) is 31.5 Å². The molecular formula is C15H20N2OS. The third kappa shape index (κ3) is 3.96. The predicted molar refractivity (Wildman–Crippen MR) is 80.9 cm³/mol. The summed E-state index contributed by atoms with van der Waals surface area (Å²) in [6, 6.07) is 7.46. The van der Waals surface area contributed by atoms with Crippen molar-refractivity contribution in [3.8, 4) is 5.75 Å². The SMILES string of the molecule is CC(C)(C)c1csc(CCOc2ccc(N)cc2)n1. The molecule has 4 heteroatoms. The zero-order chi connectivity index (χ0) is 13.9. The first kappa shape index (κ1) is 13.9. The van der Waals surface area contributed by atoms with Crippen LogP contribution in [0.25, 0.3) is 0 Å². The zero-order valence-electron chi connectivity index (χ0n) is 11.6. The van der Waals surface area contributed by atoms with E-state index < -0.39 is 0 Å². The van der Waals surface area contributed by atoms with Gasteiger partial charge in [-0.2, -0.15) is 0 Å². The molecule has 1 aromatic heterocycles. The van der Waals surface area contributed by atoms with Gasteiger partial charge in [0, 0.05) is 22.9 Å². The first-order valence-electron chi connectivity index (χ1n) is 6.38. The zero-order valence-corrected chi connectivity index (χ0v) is 12.5. The second-order valence-corrected chi connectivity index (χ2v) is 6.49. The van der Waals surface area contributed by atoms with Crippen molar-refractivity contribution in [1.82, 2.24) is 4.98 Å². The fraction of sp³-hybridized carbons (Fsp3) is 0.400. The van der Waals surface area contributed by atoms with E-state index >= 15 is 0 Å². The van der Waals surface area contributed by atoms with Gasteiger partial charge in [-0.1, -0.05) is 20.8 Å². The average molecular weight is 276 g/mol. The molecule has 3 nitrogen and oxygen atoms in total. The van der Waals surface area contributed by atoms with Crippen molar-refractivity contribution >= 4 is 17.0 Å². The molecule has 0 aliphatic carbocycles. The number of anilines is 1. The lowest BCUT2D eigenvalue weighted by Crippen LogP contribution is -2.11. The Hall–Kier alpha value is -1.55. The van der Waals surface area contributed by atoms with Crippen molar-refractivity contribution < 1.29 is 4.74 Å². The molecule has 0 atom stereocenters. The van der Waals surface area contributed by atoms with E-state index in [-0.39, 0.29) is 5.41 Å². The van der Waals surface area contributed by atoms with E-state index in [4.69, 9.17) is 10.5 Å². The second kappa shape index (κ2) is 5.61. The maximum Gasteiger partial charge on any atom is 0.119 e. The third-order valence-electron chi connectivity index (χ3n) is 2.78. The highest BCUT2D eigenvalue weighted by molar-refractivity contribution is 7.09. The van der Waals surface area contributed by atoms with Crippen molar-refractivity contribution in [3.05, 3.63) is 40.3 Å². The predicted octanol–water partition coefficient (Wildman–Crippen LogP) is 3.64. The molecule has 0 radical (unpaired) electrons. The van der Waals surface area contributed by atoms with Crippen LogP contribution in [0, 0.1) is 0 Å². The van der Waals surface area contributed by atoms with Crippen LogP contribution in [-0.2, 0) is 11.8 Å². The number of nitrogen functional groups attached to an aromatic ring is 1. The molecule has 0 spiro atoms. The lowest BCUT2D eigenvalue weighted by molar-refractivity contribution is 0.321. The van der Waals surface area contributed by atoms with Crippen LogP contribution in [0.5, 0.6) is 5.75 Å². The normalized spacial score (nSPS) is 11.5. The van der Waals surface area contributed by atoms with Gasteiger partial charge >= 0.3 is 0 Å². The lowest BCUT2D eigenvalue weighted by atomic mass is 9.93.